The van der Waals surface area contributed by atoms with E-state index in [2.05, 4.69) is 4.98 Å². The van der Waals surface area contributed by atoms with Crippen molar-refractivity contribution in [3.63, 3.8) is 0 Å². The summed E-state index contributed by atoms with van der Waals surface area (Å²) in [6.45, 7) is 10.1. The minimum atomic E-state index is -0.132. The molecule has 2 rings (SSSR count). The van der Waals surface area contributed by atoms with Crippen LogP contribution in [0.25, 0.3) is 0 Å². The molecule has 1 saturated heterocycles. The Morgan fingerprint density at radius 1 is 1.19 bits per heavy atom. The molecule has 0 bridgehead atoms. The Hall–Kier alpha value is -0.805. The van der Waals surface area contributed by atoms with Gasteiger partial charge >= 0.3 is 7.69 Å². The summed E-state index contributed by atoms with van der Waals surface area (Å²) in [4.78, 5) is 3.98. The van der Waals surface area contributed by atoms with E-state index in [0.29, 0.717) is 7.69 Å². The lowest BCUT2D eigenvalue weighted by Gasteiger charge is -2.32. The van der Waals surface area contributed by atoms with Crippen LogP contribution in [0.15, 0.2) is 12.4 Å². The topological polar surface area (TPSA) is 36.3 Å². The summed E-state index contributed by atoms with van der Waals surface area (Å²) in [6, 6.07) is 0. The van der Waals surface area contributed by atoms with Crippen molar-refractivity contribution >= 4 is 7.69 Å². The fourth-order valence-corrected chi connectivity index (χ4v) is 1.11. The molecule has 0 N–H and O–H groups in total. The zero-order valence-electron chi connectivity index (χ0n) is 11.1. The third kappa shape index (κ3) is 2.86. The molecule has 0 atom stereocenters. The second-order valence-corrected chi connectivity index (χ2v) is 5.01. The van der Waals surface area contributed by atoms with Crippen LogP contribution in [-0.2, 0) is 16.4 Å². The maximum atomic E-state index is 5.33. The van der Waals surface area contributed by atoms with Gasteiger partial charge in [0.25, 0.3) is 0 Å². The van der Waals surface area contributed by atoms with E-state index in [4.69, 9.17) is 9.31 Å². The molecule has 1 aromatic heterocycles. The van der Waals surface area contributed by atoms with Gasteiger partial charge in [-0.2, -0.15) is 0 Å². The van der Waals surface area contributed by atoms with Gasteiger partial charge in [-0.1, -0.05) is 0 Å². The first kappa shape index (κ1) is 13.3. The first-order valence-electron chi connectivity index (χ1n) is 5.48. The van der Waals surface area contributed by atoms with E-state index >= 15 is 0 Å². The summed E-state index contributed by atoms with van der Waals surface area (Å²) in [7, 11) is 2.41. The molecule has 0 unspecified atom stereocenters. The Bertz CT molecular complexity index is 317. The number of rotatable bonds is 0. The van der Waals surface area contributed by atoms with Gasteiger partial charge in [0.1, 0.15) is 5.82 Å². The monoisotopic (exact) mass is 224 g/mol. The van der Waals surface area contributed by atoms with Gasteiger partial charge in [0.2, 0.25) is 0 Å². The Balaban J connectivity index is 0.000000165. The third-order valence-electron chi connectivity index (χ3n) is 3.35. The van der Waals surface area contributed by atoms with Gasteiger partial charge in [-0.15, -0.1) is 0 Å². The molecule has 16 heavy (non-hydrogen) atoms. The van der Waals surface area contributed by atoms with Crippen molar-refractivity contribution in [3.8, 4) is 0 Å². The standard InChI is InChI=1S/C6H13BO2.C5H8N2/c1-5(2)6(3,4)9-7-8-5;1-5-6-3-4-7(5)2/h7H,1-4H3;3-4H,1-2H3. The molecule has 1 aliphatic heterocycles. The molecule has 0 amide bonds. The second kappa shape index (κ2) is 4.59. The van der Waals surface area contributed by atoms with Crippen molar-refractivity contribution in [2.45, 2.75) is 45.8 Å². The van der Waals surface area contributed by atoms with Crippen molar-refractivity contribution in [1.82, 2.24) is 9.55 Å². The molecular weight excluding hydrogens is 203 g/mol. The molecule has 4 nitrogen and oxygen atoms in total. The fourth-order valence-electron chi connectivity index (χ4n) is 1.11. The molecule has 1 aromatic rings. The number of imidazole rings is 1. The van der Waals surface area contributed by atoms with Crippen molar-refractivity contribution in [2.24, 2.45) is 7.05 Å². The SMILES string of the molecule is CC1(C)OBOC1(C)C.Cc1nccn1C. The van der Waals surface area contributed by atoms with E-state index < -0.39 is 0 Å². The van der Waals surface area contributed by atoms with Crippen LogP contribution in [0.3, 0.4) is 0 Å². The molecule has 2 heterocycles. The largest absolute Gasteiger partial charge is 0.439 e. The predicted octanol–water partition coefficient (Wildman–Crippen LogP) is 1.59. The summed E-state index contributed by atoms with van der Waals surface area (Å²) in [5.41, 5.74) is -0.264. The van der Waals surface area contributed by atoms with Crippen LogP contribution in [-0.4, -0.2) is 28.4 Å². The summed E-state index contributed by atoms with van der Waals surface area (Å²) >= 11 is 0. The summed E-state index contributed by atoms with van der Waals surface area (Å²) in [5, 5.41) is 0. The predicted molar refractivity (Wildman–Crippen MR) is 65.4 cm³/mol. The van der Waals surface area contributed by atoms with E-state index in [-0.39, 0.29) is 11.2 Å². The third-order valence-corrected chi connectivity index (χ3v) is 3.35. The van der Waals surface area contributed by atoms with Gasteiger partial charge in [0, 0.05) is 19.4 Å². The molecule has 1 fully saturated rings. The van der Waals surface area contributed by atoms with Gasteiger partial charge in [-0.3, -0.25) is 0 Å². The van der Waals surface area contributed by atoms with Crippen LogP contribution >= 0.6 is 0 Å². The average molecular weight is 224 g/mol. The minimum absolute atomic E-state index is 0.132. The lowest BCUT2D eigenvalue weighted by Crippen LogP contribution is -2.41. The smallest absolute Gasteiger partial charge is 0.406 e. The summed E-state index contributed by atoms with van der Waals surface area (Å²) in [5.74, 6) is 1.06. The Labute approximate surface area is 98.3 Å². The Morgan fingerprint density at radius 2 is 1.69 bits per heavy atom. The van der Waals surface area contributed by atoms with Crippen molar-refractivity contribution in [1.29, 1.82) is 0 Å². The van der Waals surface area contributed by atoms with Gasteiger partial charge in [-0.25, -0.2) is 4.98 Å². The average Bonchev–Trinajstić information content (AvgIpc) is 2.60. The maximum Gasteiger partial charge on any atom is 0.439 e. The highest BCUT2D eigenvalue weighted by molar-refractivity contribution is 6.19. The quantitative estimate of drug-likeness (QED) is 0.628. The zero-order valence-corrected chi connectivity index (χ0v) is 11.1. The molecule has 1 aliphatic rings. The highest BCUT2D eigenvalue weighted by Gasteiger charge is 2.44. The van der Waals surface area contributed by atoms with E-state index in [0.717, 1.165) is 5.82 Å². The lowest BCUT2D eigenvalue weighted by atomic mass is 9.90. The van der Waals surface area contributed by atoms with E-state index in [9.17, 15) is 0 Å². The lowest BCUT2D eigenvalue weighted by molar-refractivity contribution is 0.00578. The van der Waals surface area contributed by atoms with Crippen molar-refractivity contribution in [2.75, 3.05) is 0 Å². The van der Waals surface area contributed by atoms with Gasteiger partial charge in [0.15, 0.2) is 0 Å². The van der Waals surface area contributed by atoms with Crippen molar-refractivity contribution in [3.05, 3.63) is 18.2 Å². The van der Waals surface area contributed by atoms with Crippen LogP contribution in [0.5, 0.6) is 0 Å². The second-order valence-electron chi connectivity index (χ2n) is 5.01. The summed E-state index contributed by atoms with van der Waals surface area (Å²) < 4.78 is 12.6. The highest BCUT2D eigenvalue weighted by Crippen LogP contribution is 2.33. The first-order chi connectivity index (χ1) is 7.26. The highest BCUT2D eigenvalue weighted by atomic mass is 16.7. The minimum Gasteiger partial charge on any atom is -0.406 e. The molecule has 0 spiro atoms. The van der Waals surface area contributed by atoms with E-state index in [1.807, 2.05) is 52.4 Å². The number of nitrogens with zero attached hydrogens (tertiary/aromatic N) is 2. The van der Waals surface area contributed by atoms with E-state index in [1.54, 1.807) is 6.20 Å². The number of aromatic nitrogens is 2. The fraction of sp³-hybridized carbons (Fsp3) is 0.727. The van der Waals surface area contributed by atoms with Crippen LogP contribution < -0.4 is 0 Å². The van der Waals surface area contributed by atoms with Crippen LogP contribution in [0, 0.1) is 6.92 Å². The van der Waals surface area contributed by atoms with E-state index in [1.165, 1.54) is 0 Å². The van der Waals surface area contributed by atoms with Crippen molar-refractivity contribution < 1.29 is 9.31 Å². The van der Waals surface area contributed by atoms with Gasteiger partial charge in [0.05, 0.1) is 11.2 Å². The van der Waals surface area contributed by atoms with Gasteiger partial charge < -0.3 is 13.9 Å². The molecule has 0 radical (unpaired) electrons. The summed E-state index contributed by atoms with van der Waals surface area (Å²) in [6.07, 6.45) is 3.71. The zero-order chi connectivity index (χ0) is 12.4. The van der Waals surface area contributed by atoms with Crippen LogP contribution in [0.1, 0.15) is 33.5 Å². The molecule has 5 heteroatoms. The number of hydrogen-bond acceptors (Lipinski definition) is 3. The maximum absolute atomic E-state index is 5.33. The molecule has 0 saturated carbocycles. The normalized spacial score (nSPS) is 20.9. The van der Waals surface area contributed by atoms with Crippen LogP contribution in [0.2, 0.25) is 0 Å². The molecule has 0 aromatic carbocycles. The molecule has 90 valence electrons. The van der Waals surface area contributed by atoms with Crippen LogP contribution in [0.4, 0.5) is 0 Å². The van der Waals surface area contributed by atoms with Gasteiger partial charge in [-0.05, 0) is 34.6 Å². The Kier molecular flexibility index (Phi) is 3.81. The molecular formula is C11H21BN2O2. The Morgan fingerprint density at radius 3 is 1.81 bits per heavy atom. The number of aryl methyl sites for hydroxylation is 2. The number of hydrogen-bond donors (Lipinski definition) is 0. The first-order valence-corrected chi connectivity index (χ1v) is 5.48. The molecule has 0 aliphatic carbocycles.